The smallest absolute Gasteiger partial charge is 0.123 e. The largest absolute Gasteiger partial charge is 0.400 e. The summed E-state index contributed by atoms with van der Waals surface area (Å²) in [4.78, 5) is 10.5. The van der Waals surface area contributed by atoms with Gasteiger partial charge in [-0.2, -0.15) is 0 Å². The third-order valence-corrected chi connectivity index (χ3v) is 2.67. The number of aliphatic hydroxyl groups is 1. The molecule has 1 fully saturated rings. The number of hydrogen-bond donors (Lipinski definition) is 1. The zero-order chi connectivity index (χ0) is 9.56. The van der Waals surface area contributed by atoms with E-state index in [4.69, 9.17) is 5.11 Å². The molecule has 0 aromatic carbocycles. The fourth-order valence-electron chi connectivity index (χ4n) is 1.89. The van der Waals surface area contributed by atoms with E-state index in [9.17, 15) is 4.79 Å². The maximum atomic E-state index is 10.5. The van der Waals surface area contributed by atoms with Crippen LogP contribution in [-0.2, 0) is 4.79 Å². The molecule has 0 amide bonds. The normalized spacial score (nSPS) is 34.8. The summed E-state index contributed by atoms with van der Waals surface area (Å²) in [6.45, 7) is 4.46. The van der Waals surface area contributed by atoms with Crippen molar-refractivity contribution in [3.8, 4) is 0 Å². The van der Waals surface area contributed by atoms with Crippen molar-refractivity contribution >= 4 is 6.29 Å². The number of carbonyl (C=O) groups is 1. The molecule has 1 N–H and O–H groups in total. The van der Waals surface area contributed by atoms with E-state index in [-0.39, 0.29) is 0 Å². The molecule has 3 atom stereocenters. The first kappa shape index (κ1) is 11.6. The number of aldehydes is 1. The molecule has 3 unspecified atom stereocenters. The summed E-state index contributed by atoms with van der Waals surface area (Å²) < 4.78 is 0. The maximum absolute atomic E-state index is 10.5. The van der Waals surface area contributed by atoms with Gasteiger partial charge in [0.1, 0.15) is 6.29 Å². The lowest BCUT2D eigenvalue weighted by Gasteiger charge is -2.28. The molecular weight excluding hydrogens is 152 g/mol. The van der Waals surface area contributed by atoms with Crippen molar-refractivity contribution in [1.29, 1.82) is 0 Å². The Morgan fingerprint density at radius 2 is 1.83 bits per heavy atom. The first-order chi connectivity index (χ1) is 5.74. The van der Waals surface area contributed by atoms with Gasteiger partial charge in [-0.15, -0.1) is 0 Å². The number of rotatable bonds is 1. The highest BCUT2D eigenvalue weighted by Gasteiger charge is 2.24. The van der Waals surface area contributed by atoms with Crippen molar-refractivity contribution in [2.45, 2.75) is 33.1 Å². The summed E-state index contributed by atoms with van der Waals surface area (Å²) in [6, 6.07) is 0. The van der Waals surface area contributed by atoms with Gasteiger partial charge in [0.2, 0.25) is 0 Å². The predicted octanol–water partition coefficient (Wildman–Crippen LogP) is 1.87. The number of carbonyl (C=O) groups excluding carboxylic acids is 1. The topological polar surface area (TPSA) is 37.3 Å². The molecule has 0 bridgehead atoms. The van der Waals surface area contributed by atoms with Gasteiger partial charge in [0, 0.05) is 13.0 Å². The summed E-state index contributed by atoms with van der Waals surface area (Å²) in [7, 11) is 1.00. The minimum atomic E-state index is 0.358. The van der Waals surface area contributed by atoms with Crippen molar-refractivity contribution < 1.29 is 9.90 Å². The van der Waals surface area contributed by atoms with Crippen molar-refractivity contribution in [2.24, 2.45) is 17.8 Å². The molecule has 0 aromatic heterocycles. The Morgan fingerprint density at radius 3 is 2.25 bits per heavy atom. The second kappa shape index (κ2) is 6.18. The van der Waals surface area contributed by atoms with Crippen LogP contribution in [0.15, 0.2) is 0 Å². The minimum Gasteiger partial charge on any atom is -0.400 e. The molecule has 2 heteroatoms. The maximum Gasteiger partial charge on any atom is 0.123 e. The molecule has 1 aliphatic rings. The van der Waals surface area contributed by atoms with Crippen LogP contribution < -0.4 is 0 Å². The van der Waals surface area contributed by atoms with Gasteiger partial charge in [-0.05, 0) is 24.7 Å². The SMILES string of the molecule is CC1CCC(C=O)C(C)C1.CO. The predicted molar refractivity (Wildman–Crippen MR) is 49.9 cm³/mol. The number of aliphatic hydroxyl groups excluding tert-OH is 1. The van der Waals surface area contributed by atoms with Gasteiger partial charge in [-0.3, -0.25) is 0 Å². The molecule has 0 aromatic rings. The molecule has 2 nitrogen and oxygen atoms in total. The Hall–Kier alpha value is -0.370. The van der Waals surface area contributed by atoms with E-state index in [1.807, 2.05) is 0 Å². The Kier molecular flexibility index (Phi) is 5.99. The van der Waals surface area contributed by atoms with Crippen LogP contribution in [0.4, 0.5) is 0 Å². The van der Waals surface area contributed by atoms with Gasteiger partial charge in [-0.1, -0.05) is 20.3 Å². The lowest BCUT2D eigenvalue weighted by Crippen LogP contribution is -2.22. The average Bonchev–Trinajstić information content (AvgIpc) is 2.08. The van der Waals surface area contributed by atoms with Gasteiger partial charge in [0.05, 0.1) is 0 Å². The fraction of sp³-hybridized carbons (Fsp3) is 0.900. The quantitative estimate of drug-likeness (QED) is 0.613. The monoisotopic (exact) mass is 172 g/mol. The van der Waals surface area contributed by atoms with Crippen LogP contribution in [0.2, 0.25) is 0 Å². The van der Waals surface area contributed by atoms with Crippen LogP contribution in [-0.4, -0.2) is 18.5 Å². The van der Waals surface area contributed by atoms with Gasteiger partial charge in [0.25, 0.3) is 0 Å². The standard InChI is InChI=1S/C9H16O.CH4O/c1-7-3-4-9(6-10)8(2)5-7;1-2/h6-9H,3-5H2,1-2H3;2H,1H3. The minimum absolute atomic E-state index is 0.358. The van der Waals surface area contributed by atoms with E-state index in [0.717, 1.165) is 25.7 Å². The average molecular weight is 172 g/mol. The van der Waals surface area contributed by atoms with Crippen molar-refractivity contribution in [2.75, 3.05) is 7.11 Å². The van der Waals surface area contributed by atoms with E-state index in [2.05, 4.69) is 13.8 Å². The van der Waals surface area contributed by atoms with E-state index in [1.54, 1.807) is 0 Å². The van der Waals surface area contributed by atoms with Crippen LogP contribution in [0.5, 0.6) is 0 Å². The summed E-state index contributed by atoms with van der Waals surface area (Å²) in [5.74, 6) is 1.82. The highest BCUT2D eigenvalue weighted by molar-refractivity contribution is 5.54. The van der Waals surface area contributed by atoms with Gasteiger partial charge in [-0.25, -0.2) is 0 Å². The molecule has 1 rings (SSSR count). The second-order valence-electron chi connectivity index (χ2n) is 3.70. The molecule has 0 spiro atoms. The molecule has 1 saturated carbocycles. The van der Waals surface area contributed by atoms with Crippen molar-refractivity contribution in [1.82, 2.24) is 0 Å². The molecular formula is C10H20O2. The first-order valence-corrected chi connectivity index (χ1v) is 4.64. The molecule has 0 saturated heterocycles. The fourth-order valence-corrected chi connectivity index (χ4v) is 1.89. The van der Waals surface area contributed by atoms with Crippen LogP contribution in [0.25, 0.3) is 0 Å². The van der Waals surface area contributed by atoms with Crippen molar-refractivity contribution in [3.05, 3.63) is 0 Å². The van der Waals surface area contributed by atoms with Gasteiger partial charge >= 0.3 is 0 Å². The van der Waals surface area contributed by atoms with E-state index >= 15 is 0 Å². The third-order valence-electron chi connectivity index (χ3n) is 2.67. The zero-order valence-corrected chi connectivity index (χ0v) is 8.29. The summed E-state index contributed by atoms with van der Waals surface area (Å²) >= 11 is 0. The van der Waals surface area contributed by atoms with Crippen molar-refractivity contribution in [3.63, 3.8) is 0 Å². The molecule has 0 radical (unpaired) electrons. The van der Waals surface area contributed by atoms with Crippen LogP contribution in [0.3, 0.4) is 0 Å². The van der Waals surface area contributed by atoms with E-state index in [1.165, 1.54) is 12.8 Å². The molecule has 12 heavy (non-hydrogen) atoms. The number of hydrogen-bond acceptors (Lipinski definition) is 2. The van der Waals surface area contributed by atoms with Gasteiger partial charge < -0.3 is 9.90 Å². The molecule has 0 aliphatic heterocycles. The molecule has 0 heterocycles. The van der Waals surface area contributed by atoms with Crippen LogP contribution in [0.1, 0.15) is 33.1 Å². The van der Waals surface area contributed by atoms with Crippen LogP contribution in [0, 0.1) is 17.8 Å². The highest BCUT2D eigenvalue weighted by Crippen LogP contribution is 2.31. The Morgan fingerprint density at radius 1 is 1.25 bits per heavy atom. The zero-order valence-electron chi connectivity index (χ0n) is 8.29. The van der Waals surface area contributed by atoms with E-state index in [0.29, 0.717) is 11.8 Å². The van der Waals surface area contributed by atoms with Crippen LogP contribution >= 0.6 is 0 Å². The summed E-state index contributed by atoms with van der Waals surface area (Å²) in [5.41, 5.74) is 0. The van der Waals surface area contributed by atoms with Gasteiger partial charge in [0.15, 0.2) is 0 Å². The highest BCUT2D eigenvalue weighted by atomic mass is 16.2. The lowest BCUT2D eigenvalue weighted by molar-refractivity contribution is -0.113. The Labute approximate surface area is 75.0 Å². The summed E-state index contributed by atoms with van der Waals surface area (Å²) in [6.07, 6.45) is 4.74. The second-order valence-corrected chi connectivity index (χ2v) is 3.70. The Bertz CT molecular complexity index is 123. The first-order valence-electron chi connectivity index (χ1n) is 4.64. The third kappa shape index (κ3) is 3.35. The molecule has 72 valence electrons. The van der Waals surface area contributed by atoms with E-state index < -0.39 is 0 Å². The lowest BCUT2D eigenvalue weighted by atomic mass is 9.76. The molecule has 1 aliphatic carbocycles. The Balaban J connectivity index is 0.000000561. The summed E-state index contributed by atoms with van der Waals surface area (Å²) in [5, 5.41) is 7.00.